The zero-order chi connectivity index (χ0) is 14.7. The van der Waals surface area contributed by atoms with Gasteiger partial charge >= 0.3 is 0 Å². The van der Waals surface area contributed by atoms with Gasteiger partial charge in [0.15, 0.2) is 0 Å². The maximum absolute atomic E-state index is 12.4. The third-order valence-corrected chi connectivity index (χ3v) is 2.91. The molecule has 0 aliphatic rings. The Labute approximate surface area is 113 Å². The minimum atomic E-state index is -0.483. The number of aryl methyl sites for hydroxylation is 1. The van der Waals surface area contributed by atoms with Crippen molar-refractivity contribution in [2.24, 2.45) is 0 Å². The largest absolute Gasteiger partial charge is 0.442 e. The minimum Gasteiger partial charge on any atom is -0.442 e. The molecular formula is C12H15N3O5. The molecule has 0 spiro atoms. The molecule has 0 aliphatic heterocycles. The van der Waals surface area contributed by atoms with Gasteiger partial charge in [-0.05, 0) is 6.92 Å². The number of aliphatic hydroxyl groups excluding tert-OH is 2. The first-order valence-electron chi connectivity index (χ1n) is 6.08. The van der Waals surface area contributed by atoms with E-state index in [1.165, 1.54) is 11.2 Å². The summed E-state index contributed by atoms with van der Waals surface area (Å²) < 4.78 is 5.30. The normalized spacial score (nSPS) is 10.9. The van der Waals surface area contributed by atoms with Gasteiger partial charge in [0.05, 0.1) is 25.1 Å². The third-order valence-electron chi connectivity index (χ3n) is 2.91. The minimum absolute atomic E-state index is 0.0592. The van der Waals surface area contributed by atoms with Gasteiger partial charge in [-0.3, -0.25) is 9.59 Å². The molecule has 0 saturated heterocycles. The quantitative estimate of drug-likeness (QED) is 0.663. The van der Waals surface area contributed by atoms with Crippen LogP contribution in [0.5, 0.6) is 0 Å². The Bertz CT molecular complexity index is 669. The van der Waals surface area contributed by atoms with Crippen molar-refractivity contribution in [2.45, 2.75) is 6.92 Å². The van der Waals surface area contributed by atoms with Gasteiger partial charge in [-0.15, -0.1) is 0 Å². The summed E-state index contributed by atoms with van der Waals surface area (Å²) in [5, 5.41) is 18.0. The molecule has 20 heavy (non-hydrogen) atoms. The predicted molar refractivity (Wildman–Crippen MR) is 69.4 cm³/mol. The lowest BCUT2D eigenvalue weighted by Gasteiger charge is -2.20. The monoisotopic (exact) mass is 281 g/mol. The van der Waals surface area contributed by atoms with Crippen LogP contribution < -0.4 is 5.56 Å². The molecular weight excluding hydrogens is 266 g/mol. The van der Waals surface area contributed by atoms with E-state index in [2.05, 4.69) is 9.97 Å². The van der Waals surface area contributed by atoms with Crippen molar-refractivity contribution in [3.63, 3.8) is 0 Å². The molecule has 0 saturated carbocycles. The SMILES string of the molecule is Cc1oc2nc[nH]c(=O)c2c1C(=O)N(CCO)CCO. The summed E-state index contributed by atoms with van der Waals surface area (Å²) in [6, 6.07) is 0. The highest BCUT2D eigenvalue weighted by Gasteiger charge is 2.25. The number of nitrogens with one attached hydrogen (secondary N) is 1. The van der Waals surface area contributed by atoms with Gasteiger partial charge in [0.2, 0.25) is 5.71 Å². The fraction of sp³-hybridized carbons (Fsp3) is 0.417. The van der Waals surface area contributed by atoms with E-state index in [0.717, 1.165) is 0 Å². The van der Waals surface area contributed by atoms with Gasteiger partial charge in [0.25, 0.3) is 11.5 Å². The first kappa shape index (κ1) is 14.2. The van der Waals surface area contributed by atoms with Gasteiger partial charge < -0.3 is 24.5 Å². The summed E-state index contributed by atoms with van der Waals surface area (Å²) in [6.07, 6.45) is 1.20. The lowest BCUT2D eigenvalue weighted by molar-refractivity contribution is 0.0684. The first-order valence-corrected chi connectivity index (χ1v) is 6.08. The zero-order valence-electron chi connectivity index (χ0n) is 10.9. The Balaban J connectivity index is 2.53. The van der Waals surface area contributed by atoms with Crippen LogP contribution in [-0.2, 0) is 0 Å². The van der Waals surface area contributed by atoms with Crippen LogP contribution in [0.2, 0.25) is 0 Å². The number of aromatic nitrogens is 2. The highest BCUT2D eigenvalue weighted by atomic mass is 16.3. The first-order chi connectivity index (χ1) is 9.60. The van der Waals surface area contributed by atoms with Crippen LogP contribution in [0.4, 0.5) is 0 Å². The number of rotatable bonds is 5. The number of fused-ring (bicyclic) bond motifs is 1. The second-order valence-corrected chi connectivity index (χ2v) is 4.18. The predicted octanol–water partition coefficient (Wildman–Crippen LogP) is -0.749. The highest BCUT2D eigenvalue weighted by molar-refractivity contribution is 6.06. The fourth-order valence-corrected chi connectivity index (χ4v) is 2.03. The number of carbonyl (C=O) groups is 1. The van der Waals surface area contributed by atoms with Gasteiger partial charge in [-0.1, -0.05) is 0 Å². The van der Waals surface area contributed by atoms with Gasteiger partial charge in [-0.2, -0.15) is 0 Å². The number of H-pyrrole nitrogens is 1. The number of aliphatic hydroxyl groups is 2. The van der Waals surface area contributed by atoms with Crippen LogP contribution in [0.15, 0.2) is 15.5 Å². The molecule has 8 nitrogen and oxygen atoms in total. The molecule has 0 aliphatic carbocycles. The van der Waals surface area contributed by atoms with Crippen molar-refractivity contribution in [1.29, 1.82) is 0 Å². The highest BCUT2D eigenvalue weighted by Crippen LogP contribution is 2.22. The molecule has 2 aromatic heterocycles. The molecule has 2 aromatic rings. The Morgan fingerprint density at radius 2 is 2.05 bits per heavy atom. The van der Waals surface area contributed by atoms with Crippen molar-refractivity contribution in [2.75, 3.05) is 26.3 Å². The van der Waals surface area contributed by atoms with E-state index in [-0.39, 0.29) is 48.7 Å². The Kier molecular flexibility index (Phi) is 4.16. The number of hydrogen-bond acceptors (Lipinski definition) is 6. The number of amides is 1. The molecule has 0 bridgehead atoms. The summed E-state index contributed by atoms with van der Waals surface area (Å²) >= 11 is 0. The number of hydrogen-bond donors (Lipinski definition) is 3. The van der Waals surface area contributed by atoms with E-state index in [9.17, 15) is 9.59 Å². The molecule has 108 valence electrons. The average Bonchev–Trinajstić information content (AvgIpc) is 2.75. The van der Waals surface area contributed by atoms with E-state index < -0.39 is 11.5 Å². The van der Waals surface area contributed by atoms with Crippen molar-refractivity contribution in [1.82, 2.24) is 14.9 Å². The van der Waals surface area contributed by atoms with Crippen LogP contribution in [-0.4, -0.2) is 57.3 Å². The molecule has 1 amide bonds. The molecule has 2 rings (SSSR count). The summed E-state index contributed by atoms with van der Waals surface area (Å²) in [5.74, 6) is -0.210. The van der Waals surface area contributed by atoms with Crippen molar-refractivity contribution in [3.8, 4) is 0 Å². The molecule has 3 N–H and O–H groups in total. The third kappa shape index (κ3) is 2.43. The van der Waals surface area contributed by atoms with E-state index >= 15 is 0 Å². The smallest absolute Gasteiger partial charge is 0.262 e. The number of nitrogens with zero attached hydrogens (tertiary/aromatic N) is 2. The van der Waals surface area contributed by atoms with Crippen molar-refractivity contribution >= 4 is 17.0 Å². The van der Waals surface area contributed by atoms with Crippen LogP contribution >= 0.6 is 0 Å². The van der Waals surface area contributed by atoms with Crippen LogP contribution in [0.1, 0.15) is 16.1 Å². The fourth-order valence-electron chi connectivity index (χ4n) is 2.03. The number of carbonyl (C=O) groups excluding carboxylic acids is 1. The lowest BCUT2D eigenvalue weighted by Crippen LogP contribution is -2.36. The summed E-state index contributed by atoms with van der Waals surface area (Å²) in [6.45, 7) is 1.20. The van der Waals surface area contributed by atoms with Gasteiger partial charge in [0, 0.05) is 13.1 Å². The van der Waals surface area contributed by atoms with Crippen LogP contribution in [0, 0.1) is 6.92 Å². The Morgan fingerprint density at radius 1 is 1.40 bits per heavy atom. The maximum atomic E-state index is 12.4. The molecule has 2 heterocycles. The average molecular weight is 281 g/mol. The Hall–Kier alpha value is -2.19. The Morgan fingerprint density at radius 3 is 2.65 bits per heavy atom. The summed E-state index contributed by atoms with van der Waals surface area (Å²) in [5.41, 5.74) is -0.276. The topological polar surface area (TPSA) is 120 Å². The van der Waals surface area contributed by atoms with Crippen molar-refractivity contribution < 1.29 is 19.4 Å². The van der Waals surface area contributed by atoms with E-state index in [1.807, 2.05) is 0 Å². The number of furan rings is 1. The maximum Gasteiger partial charge on any atom is 0.262 e. The van der Waals surface area contributed by atoms with E-state index in [1.54, 1.807) is 6.92 Å². The second-order valence-electron chi connectivity index (χ2n) is 4.18. The van der Waals surface area contributed by atoms with E-state index in [4.69, 9.17) is 14.6 Å². The van der Waals surface area contributed by atoms with Crippen LogP contribution in [0.25, 0.3) is 11.1 Å². The van der Waals surface area contributed by atoms with E-state index in [0.29, 0.717) is 0 Å². The molecule has 0 fully saturated rings. The van der Waals surface area contributed by atoms with Gasteiger partial charge in [-0.25, -0.2) is 4.98 Å². The molecule has 0 atom stereocenters. The van der Waals surface area contributed by atoms with Crippen LogP contribution in [0.3, 0.4) is 0 Å². The molecule has 0 unspecified atom stereocenters. The lowest BCUT2D eigenvalue weighted by atomic mass is 10.1. The summed E-state index contributed by atoms with van der Waals surface area (Å²) in [4.78, 5) is 31.8. The van der Waals surface area contributed by atoms with Gasteiger partial charge in [0.1, 0.15) is 11.1 Å². The summed E-state index contributed by atoms with van der Waals surface area (Å²) in [7, 11) is 0. The zero-order valence-corrected chi connectivity index (χ0v) is 10.9. The second kappa shape index (κ2) is 5.85. The molecule has 8 heteroatoms. The van der Waals surface area contributed by atoms with Crippen molar-refractivity contribution in [3.05, 3.63) is 28.0 Å². The standard InChI is InChI=1S/C12H15N3O5/c1-7-8(12(19)15(2-4-16)3-5-17)9-10(18)13-6-14-11(9)20-7/h6,16-17H,2-5H2,1H3,(H,13,14,18). The molecule has 0 aromatic carbocycles. The molecule has 0 radical (unpaired) electrons. The number of aromatic amines is 1.